The molecule has 0 fully saturated rings. The number of nitrogens with two attached hydrogens (primary N) is 1. The second-order valence-corrected chi connectivity index (χ2v) is 4.90. The highest BCUT2D eigenvalue weighted by Crippen LogP contribution is 2.29. The summed E-state index contributed by atoms with van der Waals surface area (Å²) in [6.45, 7) is 2.22. The molecule has 0 aromatic carbocycles. The highest BCUT2D eigenvalue weighted by Gasteiger charge is 2.12. The van der Waals surface area contributed by atoms with Crippen LogP contribution in [0.15, 0.2) is 11.4 Å². The molecule has 0 bridgehead atoms. The van der Waals surface area contributed by atoms with E-state index in [1.54, 1.807) is 18.4 Å². The zero-order valence-corrected chi connectivity index (χ0v) is 11.0. The predicted octanol–water partition coefficient (Wildman–Crippen LogP) is 3.23. The summed E-state index contributed by atoms with van der Waals surface area (Å²) >= 11 is 1.70. The molecule has 3 N–H and O–H groups in total. The zero-order chi connectivity index (χ0) is 11.8. The van der Waals surface area contributed by atoms with Gasteiger partial charge >= 0.3 is 0 Å². The molecule has 0 aliphatic heterocycles. The van der Waals surface area contributed by atoms with Crippen LogP contribution in [0.25, 0.3) is 0 Å². The molecule has 0 aliphatic rings. The highest BCUT2D eigenvalue weighted by molar-refractivity contribution is 7.10. The normalized spacial score (nSPS) is 12.7. The summed E-state index contributed by atoms with van der Waals surface area (Å²) in [6, 6.07) is 2.33. The molecule has 0 aliphatic carbocycles. The van der Waals surface area contributed by atoms with E-state index in [9.17, 15) is 0 Å². The minimum Gasteiger partial charge on any atom is -0.496 e. The number of hydrogen-bond donors (Lipinski definition) is 2. The average Bonchev–Trinajstić information content (AvgIpc) is 2.78. The third kappa shape index (κ3) is 4.12. The van der Waals surface area contributed by atoms with Crippen LogP contribution >= 0.6 is 11.3 Å². The first-order valence-corrected chi connectivity index (χ1v) is 6.78. The van der Waals surface area contributed by atoms with E-state index in [0.717, 1.165) is 12.2 Å². The summed E-state index contributed by atoms with van der Waals surface area (Å²) in [4.78, 5) is 1.26. The smallest absolute Gasteiger partial charge is 0.129 e. The number of hydrogen-bond acceptors (Lipinski definition) is 4. The maximum atomic E-state index is 5.59. The molecule has 1 rings (SSSR count). The molecule has 1 aromatic rings. The Morgan fingerprint density at radius 1 is 1.44 bits per heavy atom. The molecule has 92 valence electrons. The number of nitrogens with one attached hydrogen (secondary N) is 1. The molecule has 16 heavy (non-hydrogen) atoms. The lowest BCUT2D eigenvalue weighted by Crippen LogP contribution is -2.27. The first-order chi connectivity index (χ1) is 7.81. The van der Waals surface area contributed by atoms with Crippen LogP contribution in [0.1, 0.15) is 49.9 Å². The van der Waals surface area contributed by atoms with Gasteiger partial charge in [-0.05, 0) is 12.5 Å². The van der Waals surface area contributed by atoms with Crippen LogP contribution in [-0.2, 0) is 0 Å². The maximum absolute atomic E-state index is 5.59. The molecular formula is C12H22N2OS. The number of rotatable bonds is 8. The molecular weight excluding hydrogens is 220 g/mol. The van der Waals surface area contributed by atoms with E-state index in [2.05, 4.69) is 18.4 Å². The van der Waals surface area contributed by atoms with Gasteiger partial charge in [-0.3, -0.25) is 11.3 Å². The number of hydrazine groups is 1. The van der Waals surface area contributed by atoms with Crippen LogP contribution in [0, 0.1) is 0 Å². The van der Waals surface area contributed by atoms with E-state index in [0.29, 0.717) is 0 Å². The van der Waals surface area contributed by atoms with Crippen molar-refractivity contribution in [2.24, 2.45) is 5.84 Å². The Hall–Kier alpha value is -0.580. The lowest BCUT2D eigenvalue weighted by Gasteiger charge is -2.13. The van der Waals surface area contributed by atoms with Gasteiger partial charge in [0.25, 0.3) is 0 Å². The number of methoxy groups -OCH3 is 1. The Morgan fingerprint density at radius 3 is 2.81 bits per heavy atom. The van der Waals surface area contributed by atoms with Crippen molar-refractivity contribution in [3.05, 3.63) is 16.3 Å². The lowest BCUT2D eigenvalue weighted by atomic mass is 10.1. The molecule has 0 saturated heterocycles. The van der Waals surface area contributed by atoms with Gasteiger partial charge in [-0.15, -0.1) is 11.3 Å². The summed E-state index contributed by atoms with van der Waals surface area (Å²) in [5.74, 6) is 6.51. The largest absolute Gasteiger partial charge is 0.496 e. The standard InChI is InChI=1S/C12H22N2OS/c1-3-4-5-6-7-11(14-13)12-8-10(15-2)9-16-12/h8-9,11,14H,3-7,13H2,1-2H3. The molecule has 3 nitrogen and oxygen atoms in total. The van der Waals surface area contributed by atoms with Gasteiger partial charge < -0.3 is 4.74 Å². The topological polar surface area (TPSA) is 47.3 Å². The van der Waals surface area contributed by atoms with Gasteiger partial charge in [0.1, 0.15) is 5.75 Å². The molecule has 1 unspecified atom stereocenters. The highest BCUT2D eigenvalue weighted by atomic mass is 32.1. The summed E-state index contributed by atoms with van der Waals surface area (Å²) in [5.41, 5.74) is 2.89. The van der Waals surface area contributed by atoms with Crippen LogP contribution in [0.5, 0.6) is 5.75 Å². The van der Waals surface area contributed by atoms with Crippen molar-refractivity contribution in [3.63, 3.8) is 0 Å². The van der Waals surface area contributed by atoms with E-state index in [1.165, 1.54) is 30.6 Å². The molecule has 0 saturated carbocycles. The van der Waals surface area contributed by atoms with E-state index in [-0.39, 0.29) is 6.04 Å². The molecule has 0 amide bonds. The monoisotopic (exact) mass is 242 g/mol. The Kier molecular flexibility index (Phi) is 6.45. The van der Waals surface area contributed by atoms with Gasteiger partial charge in [0, 0.05) is 10.3 Å². The summed E-state index contributed by atoms with van der Waals surface area (Å²) in [5, 5.41) is 2.02. The third-order valence-electron chi connectivity index (χ3n) is 2.72. The van der Waals surface area contributed by atoms with Gasteiger partial charge in [0.2, 0.25) is 0 Å². The van der Waals surface area contributed by atoms with E-state index >= 15 is 0 Å². The second-order valence-electron chi connectivity index (χ2n) is 3.96. The summed E-state index contributed by atoms with van der Waals surface area (Å²) in [6.07, 6.45) is 6.19. The Bertz CT molecular complexity index is 288. The fraction of sp³-hybridized carbons (Fsp3) is 0.667. The van der Waals surface area contributed by atoms with Gasteiger partial charge in [-0.2, -0.15) is 0 Å². The van der Waals surface area contributed by atoms with Crippen LogP contribution in [0.3, 0.4) is 0 Å². The molecule has 0 radical (unpaired) electrons. The summed E-state index contributed by atoms with van der Waals surface area (Å²) < 4.78 is 5.17. The fourth-order valence-electron chi connectivity index (χ4n) is 1.71. The minimum atomic E-state index is 0.269. The first-order valence-electron chi connectivity index (χ1n) is 5.90. The Labute approximate surface area is 102 Å². The van der Waals surface area contributed by atoms with Crippen molar-refractivity contribution in [1.82, 2.24) is 5.43 Å². The third-order valence-corrected chi connectivity index (χ3v) is 3.75. The van der Waals surface area contributed by atoms with Crippen molar-refractivity contribution < 1.29 is 4.74 Å². The molecule has 0 spiro atoms. The van der Waals surface area contributed by atoms with Crippen molar-refractivity contribution in [3.8, 4) is 5.75 Å². The Morgan fingerprint density at radius 2 is 2.25 bits per heavy atom. The maximum Gasteiger partial charge on any atom is 0.129 e. The number of ether oxygens (including phenoxy) is 1. The van der Waals surface area contributed by atoms with E-state index in [4.69, 9.17) is 10.6 Å². The molecule has 1 heterocycles. The van der Waals surface area contributed by atoms with Gasteiger partial charge in [0.05, 0.1) is 13.2 Å². The van der Waals surface area contributed by atoms with Crippen molar-refractivity contribution in [2.75, 3.05) is 7.11 Å². The van der Waals surface area contributed by atoms with Gasteiger partial charge in [-0.1, -0.05) is 32.6 Å². The fourth-order valence-corrected chi connectivity index (χ4v) is 2.66. The zero-order valence-electron chi connectivity index (χ0n) is 10.2. The van der Waals surface area contributed by atoms with E-state index < -0.39 is 0 Å². The van der Waals surface area contributed by atoms with Crippen LogP contribution in [0.2, 0.25) is 0 Å². The van der Waals surface area contributed by atoms with Crippen molar-refractivity contribution in [1.29, 1.82) is 0 Å². The lowest BCUT2D eigenvalue weighted by molar-refractivity contribution is 0.415. The van der Waals surface area contributed by atoms with Crippen LogP contribution in [-0.4, -0.2) is 7.11 Å². The second kappa shape index (κ2) is 7.65. The number of unbranched alkanes of at least 4 members (excludes halogenated alkanes) is 3. The summed E-state index contributed by atoms with van der Waals surface area (Å²) in [7, 11) is 1.69. The molecule has 1 aromatic heterocycles. The average molecular weight is 242 g/mol. The van der Waals surface area contributed by atoms with Crippen molar-refractivity contribution in [2.45, 2.75) is 45.1 Å². The van der Waals surface area contributed by atoms with Crippen LogP contribution < -0.4 is 16.0 Å². The molecule has 4 heteroatoms. The Balaban J connectivity index is 2.40. The SMILES string of the molecule is CCCCCCC(NN)c1cc(OC)cs1. The quantitative estimate of drug-likeness (QED) is 0.418. The minimum absolute atomic E-state index is 0.269. The van der Waals surface area contributed by atoms with E-state index in [1.807, 2.05) is 5.38 Å². The van der Waals surface area contributed by atoms with Gasteiger partial charge in [-0.25, -0.2) is 0 Å². The molecule has 1 atom stereocenters. The predicted molar refractivity (Wildman–Crippen MR) is 69.7 cm³/mol. The first kappa shape index (κ1) is 13.5. The van der Waals surface area contributed by atoms with Gasteiger partial charge in [0.15, 0.2) is 0 Å². The van der Waals surface area contributed by atoms with Crippen LogP contribution in [0.4, 0.5) is 0 Å². The number of thiophene rings is 1. The van der Waals surface area contributed by atoms with Crippen molar-refractivity contribution >= 4 is 11.3 Å².